The number of carbonyl (C=O) groups excluding carboxylic acids is 2. The van der Waals surface area contributed by atoms with E-state index in [9.17, 15) is 24.8 Å². The van der Waals surface area contributed by atoms with E-state index in [0.29, 0.717) is 6.42 Å². The fourth-order valence-electron chi connectivity index (χ4n) is 3.20. The molecule has 0 saturated carbocycles. The van der Waals surface area contributed by atoms with E-state index >= 15 is 0 Å². The Kier molecular flexibility index (Phi) is 3.20. The molecule has 3 atom stereocenters. The van der Waals surface area contributed by atoms with Crippen LogP contribution in [0.2, 0.25) is 0 Å². The first kappa shape index (κ1) is 14.2. The number of phenols is 1. The minimum atomic E-state index is -0.650. The Bertz CT molecular complexity index is 712. The molecule has 0 aromatic heterocycles. The van der Waals surface area contributed by atoms with Crippen LogP contribution in [0.4, 0.5) is 11.4 Å². The van der Waals surface area contributed by atoms with Gasteiger partial charge in [0.05, 0.1) is 28.5 Å². The molecule has 1 fully saturated rings. The third-order valence-electron chi connectivity index (χ3n) is 4.28. The average molecular weight is 302 g/mol. The normalized spacial score (nSPS) is 27.1. The summed E-state index contributed by atoms with van der Waals surface area (Å²) < 4.78 is 0. The summed E-state index contributed by atoms with van der Waals surface area (Å²) in [6.45, 7) is 1.87. The van der Waals surface area contributed by atoms with E-state index in [1.54, 1.807) is 0 Å². The highest BCUT2D eigenvalue weighted by atomic mass is 16.6. The summed E-state index contributed by atoms with van der Waals surface area (Å²) in [5.74, 6) is -2.10. The van der Waals surface area contributed by atoms with E-state index in [1.807, 2.05) is 19.1 Å². The molecule has 1 aliphatic carbocycles. The zero-order valence-corrected chi connectivity index (χ0v) is 11.8. The number of carbonyl (C=O) groups is 2. The van der Waals surface area contributed by atoms with Gasteiger partial charge < -0.3 is 5.11 Å². The highest BCUT2D eigenvalue weighted by Crippen LogP contribution is 2.43. The van der Waals surface area contributed by atoms with Crippen LogP contribution in [-0.2, 0) is 9.59 Å². The maximum Gasteiger partial charge on any atom is 0.273 e. The number of hydrogen-bond acceptors (Lipinski definition) is 5. The number of phenolic OH excluding ortho intramolecular Hbond substituents is 1. The van der Waals surface area contributed by atoms with Gasteiger partial charge in [-0.2, -0.15) is 0 Å². The first-order chi connectivity index (χ1) is 10.4. The number of non-ortho nitro benzene ring substituents is 1. The maximum absolute atomic E-state index is 12.6. The van der Waals surface area contributed by atoms with Gasteiger partial charge in [-0.3, -0.25) is 19.7 Å². The van der Waals surface area contributed by atoms with Crippen molar-refractivity contribution in [1.29, 1.82) is 0 Å². The molecule has 0 radical (unpaired) electrons. The van der Waals surface area contributed by atoms with Crippen molar-refractivity contribution >= 4 is 23.2 Å². The molecule has 0 bridgehead atoms. The van der Waals surface area contributed by atoms with Crippen LogP contribution in [0.15, 0.2) is 30.4 Å². The smallest absolute Gasteiger partial charge is 0.273 e. The minimum Gasteiger partial charge on any atom is -0.505 e. The third kappa shape index (κ3) is 1.97. The number of amides is 2. The van der Waals surface area contributed by atoms with Crippen molar-refractivity contribution in [3.05, 3.63) is 40.5 Å². The van der Waals surface area contributed by atoms with Gasteiger partial charge in [-0.05, 0) is 18.4 Å². The van der Waals surface area contributed by atoms with Crippen LogP contribution in [0.5, 0.6) is 5.75 Å². The van der Waals surface area contributed by atoms with Gasteiger partial charge in [-0.25, -0.2) is 4.90 Å². The van der Waals surface area contributed by atoms with Gasteiger partial charge in [0.2, 0.25) is 11.8 Å². The molecule has 1 aromatic carbocycles. The van der Waals surface area contributed by atoms with Crippen molar-refractivity contribution in [2.45, 2.75) is 13.3 Å². The molecular weight excluding hydrogens is 288 g/mol. The van der Waals surface area contributed by atoms with Crippen LogP contribution in [0.1, 0.15) is 13.3 Å². The predicted molar refractivity (Wildman–Crippen MR) is 77.2 cm³/mol. The Balaban J connectivity index is 2.01. The molecule has 1 saturated heterocycles. The summed E-state index contributed by atoms with van der Waals surface area (Å²) in [7, 11) is 0. The van der Waals surface area contributed by atoms with Crippen LogP contribution in [0, 0.1) is 27.9 Å². The lowest BCUT2D eigenvalue weighted by molar-refractivity contribution is -0.384. The van der Waals surface area contributed by atoms with Gasteiger partial charge >= 0.3 is 0 Å². The quantitative estimate of drug-likeness (QED) is 0.390. The van der Waals surface area contributed by atoms with Crippen molar-refractivity contribution in [1.82, 2.24) is 0 Å². The monoisotopic (exact) mass is 302 g/mol. The van der Waals surface area contributed by atoms with Gasteiger partial charge in [-0.1, -0.05) is 19.1 Å². The van der Waals surface area contributed by atoms with E-state index in [4.69, 9.17) is 0 Å². The number of nitrogens with zero attached hydrogens (tertiary/aromatic N) is 2. The largest absolute Gasteiger partial charge is 0.505 e. The SMILES string of the molecule is C[C@H]1C=CC[C@@H]2C(=O)N(c3ccc([N+](=O)[O-])cc3O)C(=O)[C@@H]21. The lowest BCUT2D eigenvalue weighted by Crippen LogP contribution is -2.31. The topological polar surface area (TPSA) is 101 Å². The number of nitro benzene ring substituents is 1. The fraction of sp³-hybridized carbons (Fsp3) is 0.333. The van der Waals surface area contributed by atoms with E-state index < -0.39 is 22.5 Å². The zero-order chi connectivity index (χ0) is 16.0. The van der Waals surface area contributed by atoms with E-state index in [0.717, 1.165) is 11.0 Å². The van der Waals surface area contributed by atoms with Crippen LogP contribution in [-0.4, -0.2) is 21.8 Å². The Morgan fingerprint density at radius 1 is 1.32 bits per heavy atom. The van der Waals surface area contributed by atoms with Gasteiger partial charge in [0, 0.05) is 6.07 Å². The summed E-state index contributed by atoms with van der Waals surface area (Å²) in [6, 6.07) is 3.34. The molecule has 1 heterocycles. The first-order valence-corrected chi connectivity index (χ1v) is 6.93. The molecule has 1 aromatic rings. The molecule has 22 heavy (non-hydrogen) atoms. The van der Waals surface area contributed by atoms with Gasteiger partial charge in [0.1, 0.15) is 5.75 Å². The van der Waals surface area contributed by atoms with Gasteiger partial charge in [0.15, 0.2) is 0 Å². The van der Waals surface area contributed by atoms with Crippen molar-refractivity contribution in [3.63, 3.8) is 0 Å². The standard InChI is InChI=1S/C15H14N2O5/c1-8-3-2-4-10-13(8)15(20)16(14(10)19)11-6-5-9(17(21)22)7-12(11)18/h2-3,5-8,10,13,18H,4H2,1H3/t8-,10-,13+/m0/s1. The molecule has 2 amide bonds. The summed E-state index contributed by atoms with van der Waals surface area (Å²) in [6.07, 6.45) is 4.28. The summed E-state index contributed by atoms with van der Waals surface area (Å²) in [5.41, 5.74) is -0.296. The lowest BCUT2D eigenvalue weighted by Gasteiger charge is -2.22. The Morgan fingerprint density at radius 2 is 2.05 bits per heavy atom. The number of hydrogen-bond donors (Lipinski definition) is 1. The van der Waals surface area contributed by atoms with Crippen molar-refractivity contribution in [2.24, 2.45) is 17.8 Å². The van der Waals surface area contributed by atoms with Gasteiger partial charge in [-0.15, -0.1) is 0 Å². The van der Waals surface area contributed by atoms with Crippen molar-refractivity contribution in [2.75, 3.05) is 4.90 Å². The van der Waals surface area contributed by atoms with Crippen LogP contribution >= 0.6 is 0 Å². The second kappa shape index (κ2) is 4.94. The van der Waals surface area contributed by atoms with Crippen LogP contribution in [0.25, 0.3) is 0 Å². The Morgan fingerprint density at radius 3 is 2.64 bits per heavy atom. The third-order valence-corrected chi connectivity index (χ3v) is 4.28. The number of nitro groups is 1. The number of fused-ring (bicyclic) bond motifs is 1. The van der Waals surface area contributed by atoms with Crippen LogP contribution in [0.3, 0.4) is 0 Å². The predicted octanol–water partition coefficient (Wildman–Crippen LogP) is 2.00. The molecule has 3 rings (SSSR count). The lowest BCUT2D eigenvalue weighted by atomic mass is 9.78. The number of allylic oxidation sites excluding steroid dienone is 2. The summed E-state index contributed by atoms with van der Waals surface area (Å²) in [5, 5.41) is 20.7. The summed E-state index contributed by atoms with van der Waals surface area (Å²) in [4.78, 5) is 36.1. The molecule has 1 N–H and O–H groups in total. The molecule has 1 aliphatic heterocycles. The fourth-order valence-corrected chi connectivity index (χ4v) is 3.20. The molecule has 0 unspecified atom stereocenters. The molecule has 0 spiro atoms. The number of anilines is 1. The van der Waals surface area contributed by atoms with Gasteiger partial charge in [0.25, 0.3) is 5.69 Å². The summed E-state index contributed by atoms with van der Waals surface area (Å²) >= 11 is 0. The number of aromatic hydroxyl groups is 1. The first-order valence-electron chi connectivity index (χ1n) is 6.93. The van der Waals surface area contributed by atoms with Crippen molar-refractivity contribution < 1.29 is 19.6 Å². The minimum absolute atomic E-state index is 0.00204. The van der Waals surface area contributed by atoms with E-state index in [1.165, 1.54) is 12.1 Å². The zero-order valence-electron chi connectivity index (χ0n) is 11.8. The Hall–Kier alpha value is -2.70. The maximum atomic E-state index is 12.6. The highest BCUT2D eigenvalue weighted by Gasteiger charge is 2.51. The average Bonchev–Trinajstić information content (AvgIpc) is 2.72. The van der Waals surface area contributed by atoms with E-state index in [2.05, 4.69) is 0 Å². The molecule has 7 heteroatoms. The Labute approximate surface area is 126 Å². The molecular formula is C15H14N2O5. The van der Waals surface area contributed by atoms with Crippen molar-refractivity contribution in [3.8, 4) is 5.75 Å². The second-order valence-corrected chi connectivity index (χ2v) is 5.60. The number of rotatable bonds is 2. The molecule has 2 aliphatic rings. The second-order valence-electron chi connectivity index (χ2n) is 5.60. The highest BCUT2D eigenvalue weighted by molar-refractivity contribution is 6.23. The molecule has 7 nitrogen and oxygen atoms in total. The number of benzene rings is 1. The number of imide groups is 1. The van der Waals surface area contributed by atoms with E-state index in [-0.39, 0.29) is 29.1 Å². The molecule has 114 valence electrons. The van der Waals surface area contributed by atoms with Crippen LogP contribution < -0.4 is 4.90 Å².